The van der Waals surface area contributed by atoms with Gasteiger partial charge >= 0.3 is 0 Å². The lowest BCUT2D eigenvalue weighted by molar-refractivity contribution is 0.339. The molecule has 0 aliphatic heterocycles. The highest BCUT2D eigenvalue weighted by molar-refractivity contribution is 5.85. The Hall–Kier alpha value is -1.39. The Morgan fingerprint density at radius 2 is 1.90 bits per heavy atom. The average molecular weight is 308 g/mol. The van der Waals surface area contributed by atoms with E-state index in [0.29, 0.717) is 11.7 Å². The number of nitrogens with zero attached hydrogens (tertiary/aromatic N) is 2. The first-order chi connectivity index (χ1) is 9.73. The topological polar surface area (TPSA) is 64.9 Å². The molecule has 21 heavy (non-hydrogen) atoms. The third kappa shape index (κ3) is 3.11. The molecule has 0 saturated heterocycles. The van der Waals surface area contributed by atoms with Gasteiger partial charge in [0, 0.05) is 0 Å². The summed E-state index contributed by atoms with van der Waals surface area (Å²) < 4.78 is 5.51. The number of benzene rings is 1. The lowest BCUT2D eigenvalue weighted by atomic mass is 9.96. The number of hydrogen-bond donors (Lipinski definition) is 1. The summed E-state index contributed by atoms with van der Waals surface area (Å²) in [6.45, 7) is 2.13. The molecule has 0 amide bonds. The molecule has 1 heterocycles. The molecule has 0 radical (unpaired) electrons. The molecule has 1 atom stereocenters. The van der Waals surface area contributed by atoms with Crippen LogP contribution in [0.25, 0.3) is 0 Å². The van der Waals surface area contributed by atoms with E-state index in [2.05, 4.69) is 29.2 Å². The second-order valence-corrected chi connectivity index (χ2v) is 5.69. The van der Waals surface area contributed by atoms with Gasteiger partial charge in [0.05, 0.1) is 11.5 Å². The molecular formula is C16H22ClN3O. The maximum absolute atomic E-state index is 6.39. The summed E-state index contributed by atoms with van der Waals surface area (Å²) in [5.41, 5.74) is 7.22. The molecule has 1 aliphatic carbocycles. The Morgan fingerprint density at radius 1 is 1.24 bits per heavy atom. The van der Waals surface area contributed by atoms with Crippen LogP contribution in [0.15, 0.2) is 34.9 Å². The van der Waals surface area contributed by atoms with E-state index in [1.807, 2.05) is 18.2 Å². The molecule has 5 heteroatoms. The third-order valence-corrected chi connectivity index (χ3v) is 4.29. The van der Waals surface area contributed by atoms with Crippen molar-refractivity contribution in [3.63, 3.8) is 0 Å². The van der Waals surface area contributed by atoms with Crippen molar-refractivity contribution in [2.75, 3.05) is 0 Å². The van der Waals surface area contributed by atoms with Crippen LogP contribution in [0.1, 0.15) is 62.2 Å². The van der Waals surface area contributed by atoms with E-state index >= 15 is 0 Å². The van der Waals surface area contributed by atoms with Crippen molar-refractivity contribution < 1.29 is 4.52 Å². The van der Waals surface area contributed by atoms with E-state index in [-0.39, 0.29) is 23.9 Å². The van der Waals surface area contributed by atoms with Crippen LogP contribution in [0.2, 0.25) is 0 Å². The van der Waals surface area contributed by atoms with Gasteiger partial charge in [-0.1, -0.05) is 55.3 Å². The van der Waals surface area contributed by atoms with Gasteiger partial charge in [-0.15, -0.1) is 12.4 Å². The minimum atomic E-state index is -0.378. The Kier molecular flexibility index (Phi) is 5.01. The molecule has 1 saturated carbocycles. The number of nitrogens with two attached hydrogens (primary N) is 1. The van der Waals surface area contributed by atoms with Crippen LogP contribution in [0.5, 0.6) is 0 Å². The lowest BCUT2D eigenvalue weighted by Crippen LogP contribution is -2.34. The third-order valence-electron chi connectivity index (χ3n) is 4.29. The minimum absolute atomic E-state index is 0. The predicted molar refractivity (Wildman–Crippen MR) is 84.5 cm³/mol. The highest BCUT2D eigenvalue weighted by Gasteiger charge is 2.36. The Balaban J connectivity index is 0.00000161. The van der Waals surface area contributed by atoms with E-state index in [1.54, 1.807) is 0 Å². The number of rotatable bonds is 4. The number of halogens is 1. The normalized spacial score (nSPS) is 18.2. The van der Waals surface area contributed by atoms with Gasteiger partial charge in [0.25, 0.3) is 0 Å². The van der Waals surface area contributed by atoms with Crippen LogP contribution in [0, 0.1) is 0 Å². The smallest absolute Gasteiger partial charge is 0.234 e. The van der Waals surface area contributed by atoms with Gasteiger partial charge in [0.1, 0.15) is 0 Å². The highest BCUT2D eigenvalue weighted by Crippen LogP contribution is 2.36. The summed E-state index contributed by atoms with van der Waals surface area (Å²) in [6, 6.07) is 10.3. The summed E-state index contributed by atoms with van der Waals surface area (Å²) in [7, 11) is 0. The number of hydrogen-bond acceptors (Lipinski definition) is 4. The van der Waals surface area contributed by atoms with Gasteiger partial charge in [-0.05, 0) is 24.8 Å². The van der Waals surface area contributed by atoms with Crippen molar-refractivity contribution >= 4 is 12.4 Å². The molecule has 1 unspecified atom stereocenters. The van der Waals surface area contributed by atoms with Gasteiger partial charge in [-0.2, -0.15) is 4.98 Å². The van der Waals surface area contributed by atoms with Crippen LogP contribution < -0.4 is 5.73 Å². The lowest BCUT2D eigenvalue weighted by Gasteiger charge is -2.18. The zero-order valence-corrected chi connectivity index (χ0v) is 13.1. The molecule has 1 aromatic heterocycles. The average Bonchev–Trinajstić information content (AvgIpc) is 3.11. The van der Waals surface area contributed by atoms with Gasteiger partial charge < -0.3 is 10.3 Å². The van der Waals surface area contributed by atoms with Crippen molar-refractivity contribution in [3.05, 3.63) is 47.6 Å². The summed E-state index contributed by atoms with van der Waals surface area (Å²) in [6.07, 6.45) is 5.14. The summed E-state index contributed by atoms with van der Waals surface area (Å²) >= 11 is 0. The van der Waals surface area contributed by atoms with Crippen LogP contribution in [-0.4, -0.2) is 10.1 Å². The Labute approximate surface area is 131 Å². The molecule has 2 aromatic rings. The second kappa shape index (κ2) is 6.58. The summed E-state index contributed by atoms with van der Waals surface area (Å²) in [5, 5.41) is 4.15. The fourth-order valence-corrected chi connectivity index (χ4v) is 3.05. The van der Waals surface area contributed by atoms with E-state index in [0.717, 1.165) is 32.1 Å². The van der Waals surface area contributed by atoms with Crippen LogP contribution >= 0.6 is 12.4 Å². The SMILES string of the molecule is CCC(c1ccccc1)c1nc(C2(N)CCCC2)no1.Cl. The van der Waals surface area contributed by atoms with Crippen LogP contribution in [0.3, 0.4) is 0 Å². The fraction of sp³-hybridized carbons (Fsp3) is 0.500. The van der Waals surface area contributed by atoms with E-state index in [1.165, 1.54) is 5.56 Å². The van der Waals surface area contributed by atoms with Crippen molar-refractivity contribution in [2.24, 2.45) is 5.73 Å². The van der Waals surface area contributed by atoms with Gasteiger partial charge in [-0.3, -0.25) is 0 Å². The first-order valence-corrected chi connectivity index (χ1v) is 7.41. The Morgan fingerprint density at radius 3 is 2.52 bits per heavy atom. The van der Waals surface area contributed by atoms with Gasteiger partial charge in [0.15, 0.2) is 5.82 Å². The van der Waals surface area contributed by atoms with Crippen molar-refractivity contribution in [1.29, 1.82) is 0 Å². The first kappa shape index (κ1) is 16.0. The molecular weight excluding hydrogens is 286 g/mol. The fourth-order valence-electron chi connectivity index (χ4n) is 3.05. The molecule has 0 bridgehead atoms. The highest BCUT2D eigenvalue weighted by atomic mass is 35.5. The largest absolute Gasteiger partial charge is 0.339 e. The summed E-state index contributed by atoms with van der Waals surface area (Å²) in [4.78, 5) is 4.61. The monoisotopic (exact) mass is 307 g/mol. The van der Waals surface area contributed by atoms with Crippen LogP contribution in [0.4, 0.5) is 0 Å². The molecule has 1 aromatic carbocycles. The standard InChI is InChI=1S/C16H21N3O.ClH/c1-2-13(12-8-4-3-5-9-12)14-18-15(19-20-14)16(17)10-6-7-11-16;/h3-5,8-9,13H,2,6-7,10-11,17H2,1H3;1H. The molecule has 3 rings (SSSR count). The van der Waals surface area contributed by atoms with Gasteiger partial charge in [-0.25, -0.2) is 0 Å². The molecule has 4 nitrogen and oxygen atoms in total. The second-order valence-electron chi connectivity index (χ2n) is 5.69. The van der Waals surface area contributed by atoms with E-state index < -0.39 is 0 Å². The number of aromatic nitrogens is 2. The maximum atomic E-state index is 6.39. The zero-order chi connectivity index (χ0) is 14.0. The molecule has 2 N–H and O–H groups in total. The predicted octanol–water partition coefficient (Wildman–Crippen LogP) is 3.76. The molecule has 1 aliphatic rings. The molecule has 114 valence electrons. The molecule has 1 fully saturated rings. The minimum Gasteiger partial charge on any atom is -0.339 e. The summed E-state index contributed by atoms with van der Waals surface area (Å²) in [5.74, 6) is 1.52. The first-order valence-electron chi connectivity index (χ1n) is 7.41. The van der Waals surface area contributed by atoms with E-state index in [4.69, 9.17) is 10.3 Å². The van der Waals surface area contributed by atoms with E-state index in [9.17, 15) is 0 Å². The quantitative estimate of drug-likeness (QED) is 0.934. The van der Waals surface area contributed by atoms with Crippen molar-refractivity contribution in [1.82, 2.24) is 10.1 Å². The maximum Gasteiger partial charge on any atom is 0.234 e. The van der Waals surface area contributed by atoms with Gasteiger partial charge in [0.2, 0.25) is 5.89 Å². The van der Waals surface area contributed by atoms with Crippen molar-refractivity contribution in [2.45, 2.75) is 50.5 Å². The Bertz CT molecular complexity index is 564. The zero-order valence-electron chi connectivity index (χ0n) is 12.3. The van der Waals surface area contributed by atoms with Crippen LogP contribution in [-0.2, 0) is 5.54 Å². The van der Waals surface area contributed by atoms with Crippen molar-refractivity contribution in [3.8, 4) is 0 Å². The molecule has 0 spiro atoms.